The maximum absolute atomic E-state index is 10.1. The number of nitrogens with zero attached hydrogens (tertiary/aromatic N) is 1. The van der Waals surface area contributed by atoms with Crippen LogP contribution < -0.4 is 17.4 Å². The van der Waals surface area contributed by atoms with E-state index in [2.05, 4.69) is 12.2 Å². The van der Waals surface area contributed by atoms with Crippen LogP contribution in [0.15, 0.2) is 0 Å². The van der Waals surface area contributed by atoms with Crippen molar-refractivity contribution in [1.29, 1.82) is 0 Å². The molecule has 0 bridgehead atoms. The zero-order valence-corrected chi connectivity index (χ0v) is 8.08. The van der Waals surface area contributed by atoms with E-state index in [9.17, 15) is 5.11 Å². The number of thiocarbonyl (C=S) groups is 1. The summed E-state index contributed by atoms with van der Waals surface area (Å²) >= 11 is 3.70. The average molecular weight is 167 g/mol. The molecule has 0 amide bonds. The summed E-state index contributed by atoms with van der Waals surface area (Å²) in [5, 5.41) is 18.6. The van der Waals surface area contributed by atoms with Gasteiger partial charge in [-0.3, -0.25) is 0 Å². The SMILES string of the molecule is CC(C)(C)[O-].[N-]=C=S.[NH4+].[NH4+]. The van der Waals surface area contributed by atoms with E-state index in [1.54, 1.807) is 20.8 Å². The lowest BCUT2D eigenvalue weighted by atomic mass is 10.2. The van der Waals surface area contributed by atoms with Gasteiger partial charge < -0.3 is 22.8 Å². The van der Waals surface area contributed by atoms with Crippen molar-refractivity contribution >= 4 is 17.4 Å². The molecule has 0 rings (SSSR count). The molecule has 0 atom stereocenters. The number of hydrogen-bond donors (Lipinski definition) is 2. The minimum atomic E-state index is -0.750. The van der Waals surface area contributed by atoms with Gasteiger partial charge in [0.2, 0.25) is 0 Å². The Balaban J connectivity index is -0.0000000326. The normalized spacial score (nSPS) is 6.80. The van der Waals surface area contributed by atoms with Gasteiger partial charge in [0.1, 0.15) is 0 Å². The first-order chi connectivity index (χ1) is 3.41. The molecule has 0 aromatic heterocycles. The van der Waals surface area contributed by atoms with Crippen LogP contribution in [0.4, 0.5) is 0 Å². The highest BCUT2D eigenvalue weighted by molar-refractivity contribution is 7.78. The van der Waals surface area contributed by atoms with Crippen molar-refractivity contribution < 1.29 is 5.11 Å². The molecule has 0 aliphatic heterocycles. The van der Waals surface area contributed by atoms with Crippen LogP contribution in [0.25, 0.3) is 5.41 Å². The largest absolute Gasteiger partial charge is 0.850 e. The van der Waals surface area contributed by atoms with Crippen LogP contribution in [-0.2, 0) is 0 Å². The van der Waals surface area contributed by atoms with Crippen LogP contribution >= 0.6 is 12.2 Å². The van der Waals surface area contributed by atoms with Gasteiger partial charge in [0.05, 0.1) is 0 Å². The molecule has 0 aromatic rings. The Morgan fingerprint density at radius 3 is 1.30 bits per heavy atom. The average Bonchev–Trinajstić information content (AvgIpc) is 1.27. The van der Waals surface area contributed by atoms with Gasteiger partial charge in [-0.15, -0.1) is 5.60 Å². The first-order valence-electron chi connectivity index (χ1n) is 2.13. The maximum atomic E-state index is 10.1. The Kier molecular flexibility index (Phi) is 25.9. The van der Waals surface area contributed by atoms with Crippen molar-refractivity contribution in [2.45, 2.75) is 26.4 Å². The fraction of sp³-hybridized carbons (Fsp3) is 0.800. The zero-order chi connectivity index (χ0) is 7.21. The van der Waals surface area contributed by atoms with Crippen molar-refractivity contribution in [3.05, 3.63) is 5.41 Å². The monoisotopic (exact) mass is 167 g/mol. The molecular weight excluding hydrogens is 150 g/mol. The topological polar surface area (TPSA) is 118 Å². The van der Waals surface area contributed by atoms with E-state index in [0.29, 0.717) is 0 Å². The van der Waals surface area contributed by atoms with Crippen molar-refractivity contribution in [2.24, 2.45) is 0 Å². The highest BCUT2D eigenvalue weighted by Gasteiger charge is 1.83. The molecule has 0 fully saturated rings. The summed E-state index contributed by atoms with van der Waals surface area (Å²) in [6.07, 6.45) is 0. The lowest BCUT2D eigenvalue weighted by Gasteiger charge is -2.23. The van der Waals surface area contributed by atoms with Crippen molar-refractivity contribution in [3.8, 4) is 0 Å². The van der Waals surface area contributed by atoms with Crippen molar-refractivity contribution in [3.63, 3.8) is 0 Å². The number of quaternary nitrogens is 2. The van der Waals surface area contributed by atoms with Crippen LogP contribution in [0, 0.1) is 0 Å². The summed E-state index contributed by atoms with van der Waals surface area (Å²) in [6.45, 7) is 4.90. The quantitative estimate of drug-likeness (QED) is 0.420. The smallest absolute Gasteiger partial charge is 0.0548 e. The second kappa shape index (κ2) is 11.5. The van der Waals surface area contributed by atoms with E-state index >= 15 is 0 Å². The number of rotatable bonds is 0. The van der Waals surface area contributed by atoms with E-state index in [0.717, 1.165) is 0 Å². The van der Waals surface area contributed by atoms with Gasteiger partial charge in [-0.2, -0.15) is 5.16 Å². The van der Waals surface area contributed by atoms with Crippen LogP contribution in [0.5, 0.6) is 0 Å². The van der Waals surface area contributed by atoms with Gasteiger partial charge in [0.15, 0.2) is 0 Å². The van der Waals surface area contributed by atoms with E-state index in [4.69, 9.17) is 5.41 Å². The summed E-state index contributed by atoms with van der Waals surface area (Å²) in [6, 6.07) is 0. The lowest BCUT2D eigenvalue weighted by molar-refractivity contribution is -0.458. The highest BCUT2D eigenvalue weighted by atomic mass is 32.1. The third-order valence-corrected chi connectivity index (χ3v) is 0. The Labute approximate surface area is 67.3 Å². The van der Waals surface area contributed by atoms with Gasteiger partial charge in [-0.25, -0.2) is 0 Å². The molecule has 4 nitrogen and oxygen atoms in total. The fourth-order valence-electron chi connectivity index (χ4n) is 0. The lowest BCUT2D eigenvalue weighted by Crippen LogP contribution is -2.31. The van der Waals surface area contributed by atoms with Crippen LogP contribution in [-0.4, -0.2) is 10.8 Å². The molecule has 64 valence electrons. The summed E-state index contributed by atoms with van der Waals surface area (Å²) in [5.41, 5.74) is -0.750. The summed E-state index contributed by atoms with van der Waals surface area (Å²) < 4.78 is 0. The second-order valence-electron chi connectivity index (χ2n) is 2.20. The zero-order valence-electron chi connectivity index (χ0n) is 7.26. The Bertz CT molecular complexity index is 77.4. The van der Waals surface area contributed by atoms with Gasteiger partial charge in [0.25, 0.3) is 0 Å². The van der Waals surface area contributed by atoms with Crippen LogP contribution in [0.3, 0.4) is 0 Å². The van der Waals surface area contributed by atoms with E-state index in [-0.39, 0.29) is 12.3 Å². The van der Waals surface area contributed by atoms with E-state index in [1.807, 2.05) is 0 Å². The number of hydrogen-bond acceptors (Lipinski definition) is 2. The number of isothiocyanates is 1. The van der Waals surface area contributed by atoms with Gasteiger partial charge >= 0.3 is 0 Å². The molecule has 0 heterocycles. The van der Waals surface area contributed by atoms with Gasteiger partial charge in [0, 0.05) is 0 Å². The standard InChI is InChI=1S/C4H9O.CNS.2H3N/c1-4(2,3)5;2-1-3;;/h1-3H3;;2*1H3/q2*-1;;/p+2. The first-order valence-corrected chi connectivity index (χ1v) is 2.54. The molecular formula is C5H17N3OS. The second-order valence-corrected chi connectivity index (χ2v) is 2.39. The molecule has 0 aromatic carbocycles. The minimum absolute atomic E-state index is 0. The molecule has 0 spiro atoms. The maximum Gasteiger partial charge on any atom is -0.0548 e. The van der Waals surface area contributed by atoms with Gasteiger partial charge in [-0.05, 0) is 0 Å². The fourth-order valence-corrected chi connectivity index (χ4v) is 0. The van der Waals surface area contributed by atoms with Crippen molar-refractivity contribution in [2.75, 3.05) is 0 Å². The third-order valence-electron chi connectivity index (χ3n) is 0. The molecule has 5 heteroatoms. The summed E-state index contributed by atoms with van der Waals surface area (Å²) in [7, 11) is 0. The predicted octanol–water partition coefficient (Wildman–Crippen LogP) is 1.56. The van der Waals surface area contributed by atoms with Crippen LogP contribution in [0.1, 0.15) is 20.8 Å². The molecule has 10 heavy (non-hydrogen) atoms. The highest BCUT2D eigenvalue weighted by Crippen LogP contribution is 1.87. The first kappa shape index (κ1) is 22.6. The minimum Gasteiger partial charge on any atom is -0.850 e. The van der Waals surface area contributed by atoms with E-state index < -0.39 is 5.60 Å². The Morgan fingerprint density at radius 1 is 1.30 bits per heavy atom. The Morgan fingerprint density at radius 2 is 1.30 bits per heavy atom. The molecule has 0 saturated carbocycles. The third kappa shape index (κ3) is 3350. The molecule has 0 radical (unpaired) electrons. The molecule has 0 unspecified atom stereocenters. The molecule has 0 aliphatic carbocycles. The molecule has 0 saturated heterocycles. The molecule has 0 aliphatic rings. The predicted molar refractivity (Wildman–Crippen MR) is 47.7 cm³/mol. The molecule has 8 N–H and O–H groups in total. The van der Waals surface area contributed by atoms with Crippen molar-refractivity contribution in [1.82, 2.24) is 12.3 Å². The van der Waals surface area contributed by atoms with Crippen LogP contribution in [0.2, 0.25) is 0 Å². The van der Waals surface area contributed by atoms with Gasteiger partial charge in [-0.1, -0.05) is 33.0 Å². The summed E-state index contributed by atoms with van der Waals surface area (Å²) in [4.78, 5) is 0. The Hall–Kier alpha value is -0.320. The summed E-state index contributed by atoms with van der Waals surface area (Å²) in [5.74, 6) is 0. The van der Waals surface area contributed by atoms with E-state index in [1.165, 1.54) is 5.16 Å².